The molecule has 0 saturated carbocycles. The van der Waals surface area contributed by atoms with Gasteiger partial charge in [-0.3, -0.25) is 10.1 Å². The highest BCUT2D eigenvalue weighted by Gasteiger charge is 2.20. The van der Waals surface area contributed by atoms with Gasteiger partial charge in [-0.15, -0.1) is 5.11 Å². The minimum absolute atomic E-state index is 0.0433. The van der Waals surface area contributed by atoms with E-state index in [1.165, 1.54) is 6.07 Å². The van der Waals surface area contributed by atoms with Crippen LogP contribution in [0.1, 0.15) is 0 Å². The standard InChI is InChI=1S/C18H12N4O3/c23-18-17(21-20-11-6-2-1-3-7-11)14-10-15(22(24)25)12-8-4-5-9-13(12)16(14)19-18/h1-10,19,23H. The minimum Gasteiger partial charge on any atom is -0.493 e. The van der Waals surface area contributed by atoms with Crippen molar-refractivity contribution in [1.29, 1.82) is 0 Å². The topological polar surface area (TPSA) is 104 Å². The average molecular weight is 332 g/mol. The number of aromatic hydroxyl groups is 1. The van der Waals surface area contributed by atoms with E-state index in [1.54, 1.807) is 36.4 Å². The number of nitro groups is 1. The Hall–Kier alpha value is -3.74. The van der Waals surface area contributed by atoms with Gasteiger partial charge in [0.05, 0.1) is 21.5 Å². The maximum absolute atomic E-state index is 11.4. The Morgan fingerprint density at radius 2 is 1.60 bits per heavy atom. The number of hydrogen-bond acceptors (Lipinski definition) is 5. The van der Waals surface area contributed by atoms with Crippen molar-refractivity contribution in [1.82, 2.24) is 4.98 Å². The highest BCUT2D eigenvalue weighted by atomic mass is 16.6. The van der Waals surface area contributed by atoms with Gasteiger partial charge in [-0.2, -0.15) is 5.11 Å². The number of hydrogen-bond donors (Lipinski definition) is 2. The van der Waals surface area contributed by atoms with Gasteiger partial charge < -0.3 is 10.1 Å². The lowest BCUT2D eigenvalue weighted by molar-refractivity contribution is -0.382. The fourth-order valence-electron chi connectivity index (χ4n) is 2.84. The molecular formula is C18H12N4O3. The molecule has 0 unspecified atom stereocenters. The monoisotopic (exact) mass is 332 g/mol. The average Bonchev–Trinajstić information content (AvgIpc) is 2.95. The molecule has 7 heteroatoms. The molecular weight excluding hydrogens is 320 g/mol. The number of H-pyrrole nitrogens is 1. The first kappa shape index (κ1) is 14.8. The number of azo groups is 1. The summed E-state index contributed by atoms with van der Waals surface area (Å²) in [7, 11) is 0. The molecule has 1 heterocycles. The first-order valence-electron chi connectivity index (χ1n) is 7.52. The van der Waals surface area contributed by atoms with Gasteiger partial charge in [-0.1, -0.05) is 36.4 Å². The van der Waals surface area contributed by atoms with Gasteiger partial charge in [0.2, 0.25) is 5.88 Å². The number of benzene rings is 3. The van der Waals surface area contributed by atoms with E-state index in [2.05, 4.69) is 15.2 Å². The van der Waals surface area contributed by atoms with Crippen molar-refractivity contribution in [3.63, 3.8) is 0 Å². The van der Waals surface area contributed by atoms with Crippen molar-refractivity contribution >= 4 is 38.7 Å². The maximum atomic E-state index is 11.4. The Kier molecular flexibility index (Phi) is 3.39. The summed E-state index contributed by atoms with van der Waals surface area (Å²) >= 11 is 0. The number of rotatable bonds is 3. The van der Waals surface area contributed by atoms with Crippen LogP contribution in [0.25, 0.3) is 21.7 Å². The fourth-order valence-corrected chi connectivity index (χ4v) is 2.84. The molecule has 122 valence electrons. The summed E-state index contributed by atoms with van der Waals surface area (Å²) in [5.41, 5.74) is 1.33. The van der Waals surface area contributed by atoms with Crippen LogP contribution >= 0.6 is 0 Å². The summed E-state index contributed by atoms with van der Waals surface area (Å²) in [5, 5.41) is 31.4. The third-order valence-corrected chi connectivity index (χ3v) is 3.96. The second-order valence-corrected chi connectivity index (χ2v) is 5.48. The van der Waals surface area contributed by atoms with Crippen LogP contribution in [0.2, 0.25) is 0 Å². The lowest BCUT2D eigenvalue weighted by Crippen LogP contribution is -1.90. The quantitative estimate of drug-likeness (QED) is 0.300. The Bertz CT molecular complexity index is 1130. The number of nitro benzene ring substituents is 1. The van der Waals surface area contributed by atoms with E-state index in [4.69, 9.17) is 0 Å². The van der Waals surface area contributed by atoms with Crippen molar-refractivity contribution in [2.24, 2.45) is 10.2 Å². The molecule has 0 aliphatic heterocycles. The Morgan fingerprint density at radius 1 is 0.920 bits per heavy atom. The molecule has 25 heavy (non-hydrogen) atoms. The Morgan fingerprint density at radius 3 is 2.32 bits per heavy atom. The SMILES string of the molecule is O=[N+]([O-])c1cc2c(N=Nc3ccccc3)c(O)[nH]c2c2ccccc12. The molecule has 0 atom stereocenters. The fraction of sp³-hybridized carbons (Fsp3) is 0. The van der Waals surface area contributed by atoms with E-state index in [0.717, 1.165) is 0 Å². The first-order valence-corrected chi connectivity index (χ1v) is 7.52. The number of nitrogens with zero attached hydrogens (tertiary/aromatic N) is 3. The van der Waals surface area contributed by atoms with Crippen LogP contribution in [0, 0.1) is 10.1 Å². The molecule has 0 radical (unpaired) electrons. The van der Waals surface area contributed by atoms with Crippen molar-refractivity contribution in [2.75, 3.05) is 0 Å². The van der Waals surface area contributed by atoms with Crippen LogP contribution < -0.4 is 0 Å². The summed E-state index contributed by atoms with van der Waals surface area (Å²) in [6.07, 6.45) is 0. The number of aromatic amines is 1. The Balaban J connectivity index is 1.98. The number of aromatic nitrogens is 1. The lowest BCUT2D eigenvalue weighted by atomic mass is 10.1. The summed E-state index contributed by atoms with van der Waals surface area (Å²) in [4.78, 5) is 13.8. The smallest absolute Gasteiger partial charge is 0.278 e. The Labute approximate surface area is 141 Å². The van der Waals surface area contributed by atoms with Crippen LogP contribution in [0.5, 0.6) is 5.88 Å². The molecule has 1 aromatic heterocycles. The predicted octanol–water partition coefficient (Wildman–Crippen LogP) is 5.35. The summed E-state index contributed by atoms with van der Waals surface area (Å²) in [6, 6.07) is 17.4. The molecule has 2 N–H and O–H groups in total. The highest BCUT2D eigenvalue weighted by Crippen LogP contribution is 2.42. The van der Waals surface area contributed by atoms with Crippen molar-refractivity contribution in [3.05, 3.63) is 70.8 Å². The molecule has 0 fully saturated rings. The molecule has 3 aromatic carbocycles. The zero-order valence-electron chi connectivity index (χ0n) is 12.9. The second kappa shape index (κ2) is 5.72. The van der Waals surface area contributed by atoms with Crippen LogP contribution in [-0.4, -0.2) is 15.0 Å². The molecule has 4 rings (SSSR count). The van der Waals surface area contributed by atoms with Crippen LogP contribution in [-0.2, 0) is 0 Å². The summed E-state index contributed by atoms with van der Waals surface area (Å²) < 4.78 is 0. The van der Waals surface area contributed by atoms with Crippen LogP contribution in [0.4, 0.5) is 17.1 Å². The highest BCUT2D eigenvalue weighted by molar-refractivity contribution is 6.14. The number of nitrogens with one attached hydrogen (secondary N) is 1. The van der Waals surface area contributed by atoms with E-state index >= 15 is 0 Å². The molecule has 0 amide bonds. The molecule has 0 saturated heterocycles. The van der Waals surface area contributed by atoms with E-state index in [-0.39, 0.29) is 17.3 Å². The van der Waals surface area contributed by atoms with Crippen LogP contribution in [0.3, 0.4) is 0 Å². The minimum atomic E-state index is -0.441. The van der Waals surface area contributed by atoms with E-state index in [1.807, 2.05) is 18.2 Å². The van der Waals surface area contributed by atoms with Gasteiger partial charge >= 0.3 is 0 Å². The molecule has 0 aliphatic carbocycles. The van der Waals surface area contributed by atoms with Crippen molar-refractivity contribution in [3.8, 4) is 5.88 Å². The van der Waals surface area contributed by atoms with Gasteiger partial charge in [0.15, 0.2) is 5.69 Å². The zero-order valence-corrected chi connectivity index (χ0v) is 12.9. The van der Waals surface area contributed by atoms with Gasteiger partial charge in [-0.25, -0.2) is 0 Å². The van der Waals surface area contributed by atoms with Gasteiger partial charge in [0, 0.05) is 16.8 Å². The maximum Gasteiger partial charge on any atom is 0.278 e. The van der Waals surface area contributed by atoms with Gasteiger partial charge in [-0.05, 0) is 18.2 Å². The largest absolute Gasteiger partial charge is 0.493 e. The number of non-ortho nitro benzene ring substituents is 1. The third kappa shape index (κ3) is 2.47. The van der Waals surface area contributed by atoms with Crippen molar-refractivity contribution in [2.45, 2.75) is 0 Å². The zero-order chi connectivity index (χ0) is 17.4. The van der Waals surface area contributed by atoms with E-state index in [0.29, 0.717) is 27.4 Å². The summed E-state index contributed by atoms with van der Waals surface area (Å²) in [5.74, 6) is -0.180. The molecule has 0 aliphatic rings. The normalized spacial score (nSPS) is 11.5. The number of fused-ring (bicyclic) bond motifs is 3. The molecule has 4 aromatic rings. The van der Waals surface area contributed by atoms with E-state index < -0.39 is 4.92 Å². The molecule has 7 nitrogen and oxygen atoms in total. The second-order valence-electron chi connectivity index (χ2n) is 5.48. The van der Waals surface area contributed by atoms with Gasteiger partial charge in [0.25, 0.3) is 5.69 Å². The molecule has 0 bridgehead atoms. The molecule has 0 spiro atoms. The van der Waals surface area contributed by atoms with Crippen LogP contribution in [0.15, 0.2) is 70.9 Å². The summed E-state index contributed by atoms with van der Waals surface area (Å²) in [6.45, 7) is 0. The third-order valence-electron chi connectivity index (χ3n) is 3.96. The predicted molar refractivity (Wildman–Crippen MR) is 94.7 cm³/mol. The van der Waals surface area contributed by atoms with Gasteiger partial charge in [0.1, 0.15) is 0 Å². The first-order chi connectivity index (χ1) is 12.1. The lowest BCUT2D eigenvalue weighted by Gasteiger charge is -2.01. The van der Waals surface area contributed by atoms with E-state index in [9.17, 15) is 15.2 Å². The van der Waals surface area contributed by atoms with Crippen molar-refractivity contribution < 1.29 is 10.0 Å².